The van der Waals surface area contributed by atoms with E-state index in [9.17, 15) is 9.59 Å². The summed E-state index contributed by atoms with van der Waals surface area (Å²) in [7, 11) is 0. The Bertz CT molecular complexity index is 681. The molecule has 6 heteroatoms. The summed E-state index contributed by atoms with van der Waals surface area (Å²) in [4.78, 5) is 25.4. The molecule has 0 aliphatic heterocycles. The molecule has 0 saturated carbocycles. The van der Waals surface area contributed by atoms with Crippen molar-refractivity contribution in [3.05, 3.63) is 40.7 Å². The molecule has 0 radical (unpaired) electrons. The van der Waals surface area contributed by atoms with Gasteiger partial charge in [0.1, 0.15) is 0 Å². The molecule has 1 aromatic carbocycles. The van der Waals surface area contributed by atoms with Gasteiger partial charge in [0, 0.05) is 24.9 Å². The number of hydrogen-bond acceptors (Lipinski definition) is 4. The topological polar surface area (TPSA) is 75.4 Å². The number of aryl methyl sites for hydroxylation is 1. The normalized spacial score (nSPS) is 10.8. The molecule has 0 aliphatic rings. The van der Waals surface area contributed by atoms with Crippen LogP contribution in [0.25, 0.3) is 10.9 Å². The van der Waals surface area contributed by atoms with Crippen molar-refractivity contribution >= 4 is 16.8 Å². The Labute approximate surface area is 122 Å². The summed E-state index contributed by atoms with van der Waals surface area (Å²) >= 11 is 0. The van der Waals surface area contributed by atoms with E-state index in [1.807, 2.05) is 19.1 Å². The molecule has 112 valence electrons. The monoisotopic (exact) mass is 289 g/mol. The van der Waals surface area contributed by atoms with Gasteiger partial charge in [-0.15, -0.1) is 0 Å². The second kappa shape index (κ2) is 6.99. The van der Waals surface area contributed by atoms with Crippen molar-refractivity contribution in [3.63, 3.8) is 0 Å². The molecule has 2 aromatic rings. The highest BCUT2D eigenvalue weighted by atomic mass is 16.3. The lowest BCUT2D eigenvalue weighted by atomic mass is 10.2. The van der Waals surface area contributed by atoms with Crippen LogP contribution < -0.4 is 5.43 Å². The molecule has 0 saturated heterocycles. The Morgan fingerprint density at radius 1 is 1.38 bits per heavy atom. The van der Waals surface area contributed by atoms with Gasteiger partial charge in [0.15, 0.2) is 0 Å². The Balaban J connectivity index is 2.16. The van der Waals surface area contributed by atoms with Crippen LogP contribution in [0.5, 0.6) is 0 Å². The van der Waals surface area contributed by atoms with Crippen LogP contribution >= 0.6 is 0 Å². The van der Waals surface area contributed by atoms with Crippen LogP contribution in [0.2, 0.25) is 0 Å². The minimum atomic E-state index is -0.122. The Hall–Kier alpha value is -2.21. The third-order valence-electron chi connectivity index (χ3n) is 3.40. The molecule has 21 heavy (non-hydrogen) atoms. The molecule has 0 bridgehead atoms. The minimum absolute atomic E-state index is 0.0314. The number of carbonyl (C=O) groups excluding carboxylic acids is 1. The van der Waals surface area contributed by atoms with Crippen LogP contribution in [0.3, 0.4) is 0 Å². The number of carbonyl (C=O) groups is 1. The van der Waals surface area contributed by atoms with Crippen molar-refractivity contribution in [3.8, 4) is 0 Å². The van der Waals surface area contributed by atoms with Crippen LogP contribution in [-0.4, -0.2) is 45.4 Å². The number of aliphatic hydroxyl groups excluding tert-OH is 1. The fourth-order valence-corrected chi connectivity index (χ4v) is 2.28. The van der Waals surface area contributed by atoms with E-state index in [1.165, 1.54) is 6.20 Å². The molecule has 1 heterocycles. The van der Waals surface area contributed by atoms with E-state index in [0.29, 0.717) is 25.0 Å². The van der Waals surface area contributed by atoms with Crippen molar-refractivity contribution < 1.29 is 9.90 Å². The Morgan fingerprint density at radius 3 is 2.86 bits per heavy atom. The highest BCUT2D eigenvalue weighted by molar-refractivity contribution is 5.79. The van der Waals surface area contributed by atoms with Gasteiger partial charge in [-0.2, -0.15) is 5.10 Å². The van der Waals surface area contributed by atoms with E-state index in [1.54, 1.807) is 21.7 Å². The fraction of sp³-hybridized carbons (Fsp3) is 0.400. The van der Waals surface area contributed by atoms with Gasteiger partial charge in [0.2, 0.25) is 11.3 Å². The number of rotatable bonds is 6. The number of hydrogen-bond donors (Lipinski definition) is 1. The predicted octanol–water partition coefficient (Wildman–Crippen LogP) is 0.627. The van der Waals surface area contributed by atoms with Gasteiger partial charge in [0.25, 0.3) is 0 Å². The molecular weight excluding hydrogens is 270 g/mol. The van der Waals surface area contributed by atoms with Crippen LogP contribution in [0, 0.1) is 0 Å². The average Bonchev–Trinajstić information content (AvgIpc) is 2.52. The number of para-hydroxylation sites is 1. The predicted molar refractivity (Wildman–Crippen MR) is 80.0 cm³/mol. The summed E-state index contributed by atoms with van der Waals surface area (Å²) in [5, 5.41) is 13.6. The number of fused-ring (bicyclic) bond motifs is 1. The highest BCUT2D eigenvalue weighted by Crippen LogP contribution is 2.08. The maximum absolute atomic E-state index is 12.1. The number of aromatic nitrogens is 2. The average molecular weight is 289 g/mol. The van der Waals surface area contributed by atoms with E-state index in [0.717, 1.165) is 5.52 Å². The van der Waals surface area contributed by atoms with Crippen LogP contribution in [-0.2, 0) is 11.3 Å². The first-order chi connectivity index (χ1) is 10.2. The molecule has 1 N–H and O–H groups in total. The second-order valence-electron chi connectivity index (χ2n) is 4.70. The molecule has 2 rings (SSSR count). The molecular formula is C15H19N3O3. The van der Waals surface area contributed by atoms with Gasteiger partial charge >= 0.3 is 0 Å². The quantitative estimate of drug-likeness (QED) is 0.846. The van der Waals surface area contributed by atoms with Crippen molar-refractivity contribution in [2.45, 2.75) is 19.9 Å². The largest absolute Gasteiger partial charge is 0.395 e. The molecule has 0 fully saturated rings. The summed E-state index contributed by atoms with van der Waals surface area (Å²) in [6.07, 6.45) is 1.56. The zero-order valence-corrected chi connectivity index (χ0v) is 12.0. The van der Waals surface area contributed by atoms with Crippen molar-refractivity contribution in [2.75, 3.05) is 19.7 Å². The number of amides is 1. The third kappa shape index (κ3) is 3.46. The highest BCUT2D eigenvalue weighted by Gasteiger charge is 2.12. The van der Waals surface area contributed by atoms with E-state index in [-0.39, 0.29) is 24.4 Å². The maximum Gasteiger partial charge on any atom is 0.224 e. The summed E-state index contributed by atoms with van der Waals surface area (Å²) < 4.78 is 1.67. The van der Waals surface area contributed by atoms with Gasteiger partial charge in [-0.3, -0.25) is 14.3 Å². The van der Waals surface area contributed by atoms with Gasteiger partial charge in [-0.25, -0.2) is 0 Å². The smallest absolute Gasteiger partial charge is 0.224 e. The zero-order valence-electron chi connectivity index (χ0n) is 12.0. The minimum Gasteiger partial charge on any atom is -0.395 e. The molecule has 6 nitrogen and oxygen atoms in total. The molecule has 1 aromatic heterocycles. The summed E-state index contributed by atoms with van der Waals surface area (Å²) in [5.41, 5.74) is 0.603. The van der Waals surface area contributed by atoms with Gasteiger partial charge in [0.05, 0.1) is 24.9 Å². The van der Waals surface area contributed by atoms with Gasteiger partial charge in [-0.05, 0) is 19.1 Å². The third-order valence-corrected chi connectivity index (χ3v) is 3.40. The first-order valence-corrected chi connectivity index (χ1v) is 7.01. The first kappa shape index (κ1) is 15.2. The van der Waals surface area contributed by atoms with E-state index >= 15 is 0 Å². The van der Waals surface area contributed by atoms with E-state index in [2.05, 4.69) is 5.10 Å². The van der Waals surface area contributed by atoms with Crippen LogP contribution in [0.15, 0.2) is 35.3 Å². The van der Waals surface area contributed by atoms with E-state index < -0.39 is 0 Å². The van der Waals surface area contributed by atoms with Gasteiger partial charge < -0.3 is 10.0 Å². The number of benzene rings is 1. The number of likely N-dealkylation sites (N-methyl/N-ethyl adjacent to an activating group) is 1. The first-order valence-electron chi connectivity index (χ1n) is 7.01. The van der Waals surface area contributed by atoms with Crippen LogP contribution in [0.4, 0.5) is 0 Å². The Morgan fingerprint density at radius 2 is 2.14 bits per heavy atom. The maximum atomic E-state index is 12.1. The number of aliphatic hydroxyl groups is 1. The van der Waals surface area contributed by atoms with Crippen molar-refractivity contribution in [2.24, 2.45) is 0 Å². The lowest BCUT2D eigenvalue weighted by Gasteiger charge is -2.20. The Kier molecular flexibility index (Phi) is 5.05. The number of nitrogens with zero attached hydrogens (tertiary/aromatic N) is 3. The summed E-state index contributed by atoms with van der Waals surface area (Å²) in [5.74, 6) is -0.0314. The molecule has 1 amide bonds. The molecule has 0 atom stereocenters. The van der Waals surface area contributed by atoms with Gasteiger partial charge in [-0.1, -0.05) is 12.1 Å². The molecule has 0 unspecified atom stereocenters. The zero-order chi connectivity index (χ0) is 15.2. The summed E-state index contributed by atoms with van der Waals surface area (Å²) in [6, 6.07) is 7.21. The van der Waals surface area contributed by atoms with E-state index in [4.69, 9.17) is 5.11 Å². The lowest BCUT2D eigenvalue weighted by molar-refractivity contribution is -0.131. The van der Waals surface area contributed by atoms with Crippen LogP contribution in [0.1, 0.15) is 13.3 Å². The summed E-state index contributed by atoms with van der Waals surface area (Å²) in [6.45, 7) is 3.15. The molecule has 0 aliphatic carbocycles. The molecule has 0 spiro atoms. The second-order valence-corrected chi connectivity index (χ2v) is 4.70. The lowest BCUT2D eigenvalue weighted by Crippen LogP contribution is -2.34. The fourth-order valence-electron chi connectivity index (χ4n) is 2.28. The van der Waals surface area contributed by atoms with Crippen molar-refractivity contribution in [1.82, 2.24) is 14.7 Å². The van der Waals surface area contributed by atoms with Crippen molar-refractivity contribution in [1.29, 1.82) is 0 Å². The standard InChI is InChI=1S/C15H19N3O3/c1-2-17(9-10-19)15(21)7-8-18-13-6-4-3-5-12(13)14(20)11-16-18/h3-6,11,19H,2,7-10H2,1H3. The SMILES string of the molecule is CCN(CCO)C(=O)CCn1ncc(=O)c2ccccc21.